The maximum absolute atomic E-state index is 12.5. The molecule has 0 bridgehead atoms. The maximum atomic E-state index is 12.5. The molecule has 0 fully saturated rings. The smallest absolute Gasteiger partial charge is 0.332 e. The second-order valence-corrected chi connectivity index (χ2v) is 6.86. The molecule has 1 heterocycles. The number of carbonyl (C=O) groups excluding carboxylic acids is 3. The lowest BCUT2D eigenvalue weighted by Gasteiger charge is -2.34. The van der Waals surface area contributed by atoms with E-state index in [1.54, 1.807) is 0 Å². The van der Waals surface area contributed by atoms with Crippen molar-refractivity contribution in [2.45, 2.75) is 20.8 Å². The summed E-state index contributed by atoms with van der Waals surface area (Å²) in [4.78, 5) is 33.3. The van der Waals surface area contributed by atoms with Crippen LogP contribution in [0.3, 0.4) is 0 Å². The van der Waals surface area contributed by atoms with Crippen molar-refractivity contribution in [2.24, 2.45) is 0 Å². The van der Waals surface area contributed by atoms with Crippen LogP contribution in [-0.4, -0.2) is 74.8 Å². The van der Waals surface area contributed by atoms with Gasteiger partial charge in [-0.25, -0.2) is 4.31 Å². The Morgan fingerprint density at radius 1 is 0.923 bits per heavy atom. The van der Waals surface area contributed by atoms with Crippen LogP contribution in [0.4, 0.5) is 0 Å². The molecule has 0 spiro atoms. The van der Waals surface area contributed by atoms with E-state index in [9.17, 15) is 22.8 Å². The average molecular weight is 394 g/mol. The summed E-state index contributed by atoms with van der Waals surface area (Å²) in [5.41, 5.74) is 0.179. The molecular formula is C14H22N2O9S. The van der Waals surface area contributed by atoms with Crippen LogP contribution in [0, 0.1) is 0 Å². The molecule has 148 valence electrons. The first-order chi connectivity index (χ1) is 12.2. The van der Waals surface area contributed by atoms with Crippen LogP contribution >= 0.6 is 0 Å². The minimum atomic E-state index is -4.19. The third-order valence-corrected chi connectivity index (χ3v) is 4.80. The molecule has 0 aliphatic carbocycles. The second-order valence-electron chi connectivity index (χ2n) is 5.08. The molecule has 11 nitrogen and oxygen atoms in total. The molecule has 1 rings (SSSR count). The van der Waals surface area contributed by atoms with Gasteiger partial charge in [0.25, 0.3) is 5.91 Å². The second kappa shape index (κ2) is 10.1. The van der Waals surface area contributed by atoms with Gasteiger partial charge in [0.05, 0.1) is 13.2 Å². The largest absolute Gasteiger partial charge is 0.463 e. The van der Waals surface area contributed by atoms with Crippen molar-refractivity contribution in [3.63, 3.8) is 0 Å². The number of allylic oxidation sites excluding steroid dienone is 1. The topological polar surface area (TPSA) is 129 Å². The summed E-state index contributed by atoms with van der Waals surface area (Å²) in [6.45, 7) is 2.87. The van der Waals surface area contributed by atoms with E-state index in [0.29, 0.717) is 4.31 Å². The first-order valence-electron chi connectivity index (χ1n) is 7.61. The quantitative estimate of drug-likeness (QED) is 0.351. The van der Waals surface area contributed by atoms with Crippen molar-refractivity contribution in [2.75, 3.05) is 39.9 Å². The number of ether oxygens (including phenoxy) is 4. The molecule has 26 heavy (non-hydrogen) atoms. The first kappa shape index (κ1) is 21.9. The van der Waals surface area contributed by atoms with Crippen molar-refractivity contribution in [3.05, 3.63) is 11.8 Å². The van der Waals surface area contributed by atoms with Crippen LogP contribution in [0.1, 0.15) is 20.8 Å². The zero-order valence-corrected chi connectivity index (χ0v) is 15.6. The molecule has 1 aliphatic heterocycles. The molecule has 1 amide bonds. The minimum Gasteiger partial charge on any atom is -0.463 e. The van der Waals surface area contributed by atoms with Crippen LogP contribution in [-0.2, 0) is 43.5 Å². The summed E-state index contributed by atoms with van der Waals surface area (Å²) in [7, 11) is -4.19. The Morgan fingerprint density at radius 2 is 1.38 bits per heavy atom. The molecule has 0 saturated heterocycles. The third kappa shape index (κ3) is 6.61. The van der Waals surface area contributed by atoms with Gasteiger partial charge in [0, 0.05) is 25.6 Å². The number of esters is 2. The van der Waals surface area contributed by atoms with Crippen molar-refractivity contribution in [1.82, 2.24) is 8.61 Å². The highest BCUT2D eigenvalue weighted by molar-refractivity contribution is 7.87. The maximum Gasteiger partial charge on any atom is 0.332 e. The zero-order valence-electron chi connectivity index (χ0n) is 14.8. The van der Waals surface area contributed by atoms with E-state index >= 15 is 0 Å². The Labute approximate surface area is 151 Å². The van der Waals surface area contributed by atoms with Gasteiger partial charge in [-0.15, -0.1) is 0 Å². The van der Waals surface area contributed by atoms with Crippen LogP contribution < -0.4 is 0 Å². The SMILES string of the molecule is CC(=O)OCCOCN1C(=O)C=C(C)N(COCCOC(C)=O)S1(=O)=O. The highest BCUT2D eigenvalue weighted by atomic mass is 32.2. The summed E-state index contributed by atoms with van der Waals surface area (Å²) >= 11 is 0. The lowest BCUT2D eigenvalue weighted by atomic mass is 10.4. The van der Waals surface area contributed by atoms with Crippen molar-refractivity contribution in [3.8, 4) is 0 Å². The number of nitrogens with zero attached hydrogens (tertiary/aromatic N) is 2. The van der Waals surface area contributed by atoms with E-state index in [-0.39, 0.29) is 38.9 Å². The highest BCUT2D eigenvalue weighted by Crippen LogP contribution is 2.21. The number of hydrogen-bond acceptors (Lipinski definition) is 9. The third-order valence-electron chi connectivity index (χ3n) is 3.01. The predicted octanol–water partition coefficient (Wildman–Crippen LogP) is -0.646. The fraction of sp³-hybridized carbons (Fsp3) is 0.643. The Kier molecular flexibility index (Phi) is 8.48. The van der Waals surface area contributed by atoms with E-state index < -0.39 is 34.8 Å². The van der Waals surface area contributed by atoms with Gasteiger partial charge in [-0.2, -0.15) is 12.7 Å². The molecule has 0 radical (unpaired) electrons. The number of hydrogen-bond donors (Lipinski definition) is 0. The van der Waals surface area contributed by atoms with Crippen LogP contribution in [0.5, 0.6) is 0 Å². The molecule has 0 N–H and O–H groups in total. The molecule has 0 unspecified atom stereocenters. The van der Waals surface area contributed by atoms with Crippen LogP contribution in [0.2, 0.25) is 0 Å². The highest BCUT2D eigenvalue weighted by Gasteiger charge is 2.37. The van der Waals surface area contributed by atoms with E-state index in [1.165, 1.54) is 20.8 Å². The zero-order chi connectivity index (χ0) is 19.7. The monoisotopic (exact) mass is 394 g/mol. The predicted molar refractivity (Wildman–Crippen MR) is 86.3 cm³/mol. The van der Waals surface area contributed by atoms with Crippen molar-refractivity contribution in [1.29, 1.82) is 0 Å². The Bertz CT molecular complexity index is 659. The average Bonchev–Trinajstić information content (AvgIpc) is 2.51. The van der Waals surface area contributed by atoms with E-state index in [2.05, 4.69) is 9.47 Å². The van der Waals surface area contributed by atoms with E-state index in [1.807, 2.05) is 0 Å². The molecular weight excluding hydrogens is 372 g/mol. The summed E-state index contributed by atoms with van der Waals surface area (Å²) in [5, 5.41) is 0. The molecule has 0 aromatic carbocycles. The van der Waals surface area contributed by atoms with E-state index in [0.717, 1.165) is 10.4 Å². The van der Waals surface area contributed by atoms with Gasteiger partial charge in [0.15, 0.2) is 0 Å². The minimum absolute atomic E-state index is 0.00822. The van der Waals surface area contributed by atoms with Crippen LogP contribution in [0.25, 0.3) is 0 Å². The summed E-state index contributed by atoms with van der Waals surface area (Å²) in [5.74, 6) is -1.73. The lowest BCUT2D eigenvalue weighted by Crippen LogP contribution is -2.50. The summed E-state index contributed by atoms with van der Waals surface area (Å²) < 4.78 is 46.1. The molecule has 0 atom stereocenters. The van der Waals surface area contributed by atoms with Crippen molar-refractivity contribution < 1.29 is 41.7 Å². The normalized spacial score (nSPS) is 16.3. The molecule has 1 aliphatic rings. The first-order valence-corrected chi connectivity index (χ1v) is 9.01. The van der Waals surface area contributed by atoms with Gasteiger partial charge in [-0.3, -0.25) is 14.4 Å². The fourth-order valence-electron chi connectivity index (χ4n) is 1.82. The Hall–Kier alpha value is -2.18. The van der Waals surface area contributed by atoms with Gasteiger partial charge in [0.1, 0.15) is 26.7 Å². The standard InChI is InChI=1S/C14H22N2O9S/c1-11-8-14(19)16(10-23-5-7-25-13(3)18)26(20,21)15(11)9-22-4-6-24-12(2)17/h8H,4-7,9-10H2,1-3H3. The van der Waals surface area contributed by atoms with Crippen LogP contribution in [0.15, 0.2) is 11.8 Å². The van der Waals surface area contributed by atoms with E-state index in [4.69, 9.17) is 9.47 Å². The number of rotatable bonds is 10. The number of carbonyl (C=O) groups is 3. The summed E-state index contributed by atoms with van der Waals surface area (Å²) in [6.07, 6.45) is 1.13. The fourth-order valence-corrected chi connectivity index (χ4v) is 3.17. The van der Waals surface area contributed by atoms with Gasteiger partial charge >= 0.3 is 22.1 Å². The lowest BCUT2D eigenvalue weighted by molar-refractivity contribution is -0.143. The van der Waals surface area contributed by atoms with Crippen molar-refractivity contribution >= 4 is 28.1 Å². The number of amides is 1. The Morgan fingerprint density at radius 3 is 1.85 bits per heavy atom. The van der Waals surface area contributed by atoms with Gasteiger partial charge in [-0.1, -0.05) is 0 Å². The molecule has 0 saturated carbocycles. The van der Waals surface area contributed by atoms with Gasteiger partial charge in [0.2, 0.25) is 0 Å². The molecule has 0 aromatic rings. The Balaban J connectivity index is 2.60. The van der Waals surface area contributed by atoms with Gasteiger partial charge in [-0.05, 0) is 6.92 Å². The molecule has 12 heteroatoms. The molecule has 0 aromatic heterocycles. The van der Waals surface area contributed by atoms with Gasteiger partial charge < -0.3 is 18.9 Å². The summed E-state index contributed by atoms with van der Waals surface area (Å²) in [6, 6.07) is 0.